The highest BCUT2D eigenvalue weighted by atomic mass is 16.6. The molecule has 0 bridgehead atoms. The minimum Gasteiger partial charge on any atom is -0.444 e. The highest BCUT2D eigenvalue weighted by Crippen LogP contribution is 2.14. The standard InChI is InChI=1S/C21H29N5O4/c1-13-14(2)26-17-11-15(7-8-16(17)25-13)19(28)23-10-6-9-22-18(27)12-24-20(29)30-21(3,4)5/h7-8,11H,6,9-10,12H2,1-5H3,(H,22,27)(H,23,28)(H,24,29). The van der Waals surface area contributed by atoms with Gasteiger partial charge < -0.3 is 20.7 Å². The minimum absolute atomic E-state index is 0.168. The van der Waals surface area contributed by atoms with Crippen molar-refractivity contribution in [2.45, 2.75) is 46.6 Å². The Hall–Kier alpha value is -3.23. The number of ether oxygens (including phenoxy) is 1. The molecule has 30 heavy (non-hydrogen) atoms. The average molecular weight is 415 g/mol. The van der Waals surface area contributed by atoms with Crippen molar-refractivity contribution in [3.8, 4) is 0 Å². The molecule has 0 aliphatic heterocycles. The van der Waals surface area contributed by atoms with E-state index in [0.29, 0.717) is 30.6 Å². The monoisotopic (exact) mass is 415 g/mol. The highest BCUT2D eigenvalue weighted by Gasteiger charge is 2.16. The number of amides is 3. The number of aromatic nitrogens is 2. The van der Waals surface area contributed by atoms with Crippen LogP contribution in [0, 0.1) is 13.8 Å². The van der Waals surface area contributed by atoms with E-state index >= 15 is 0 Å². The SMILES string of the molecule is Cc1nc2ccc(C(=O)NCCCNC(=O)CNC(=O)OC(C)(C)C)cc2nc1C. The van der Waals surface area contributed by atoms with Gasteiger partial charge in [-0.15, -0.1) is 0 Å². The van der Waals surface area contributed by atoms with Gasteiger partial charge in [0.1, 0.15) is 5.60 Å². The molecule has 0 atom stereocenters. The summed E-state index contributed by atoms with van der Waals surface area (Å²) in [5, 5.41) is 7.87. The second-order valence-electron chi connectivity index (χ2n) is 7.91. The summed E-state index contributed by atoms with van der Waals surface area (Å²) in [6, 6.07) is 5.21. The van der Waals surface area contributed by atoms with E-state index in [1.165, 1.54) is 0 Å². The Bertz CT molecular complexity index is 937. The molecule has 0 aliphatic rings. The Balaban J connectivity index is 1.70. The molecule has 2 aromatic rings. The normalized spacial score (nSPS) is 11.1. The number of carbonyl (C=O) groups is 3. The molecule has 1 heterocycles. The van der Waals surface area contributed by atoms with E-state index < -0.39 is 11.7 Å². The van der Waals surface area contributed by atoms with Crippen LogP contribution in [0.15, 0.2) is 18.2 Å². The number of alkyl carbamates (subject to hydrolysis) is 1. The number of fused-ring (bicyclic) bond motifs is 1. The summed E-state index contributed by atoms with van der Waals surface area (Å²) >= 11 is 0. The van der Waals surface area contributed by atoms with Gasteiger partial charge >= 0.3 is 6.09 Å². The summed E-state index contributed by atoms with van der Waals surface area (Å²) in [5.74, 6) is -0.541. The zero-order valence-electron chi connectivity index (χ0n) is 18.1. The fraction of sp³-hybridized carbons (Fsp3) is 0.476. The van der Waals surface area contributed by atoms with Crippen LogP contribution in [0.1, 0.15) is 48.9 Å². The van der Waals surface area contributed by atoms with Crippen LogP contribution < -0.4 is 16.0 Å². The molecule has 9 nitrogen and oxygen atoms in total. The molecular formula is C21H29N5O4. The molecule has 1 aromatic carbocycles. The molecule has 0 fully saturated rings. The number of benzene rings is 1. The number of rotatable bonds is 7. The van der Waals surface area contributed by atoms with E-state index in [1.54, 1.807) is 39.0 Å². The summed E-state index contributed by atoms with van der Waals surface area (Å²) in [5.41, 5.74) is 3.01. The molecule has 9 heteroatoms. The van der Waals surface area contributed by atoms with E-state index in [9.17, 15) is 14.4 Å². The summed E-state index contributed by atoms with van der Waals surface area (Å²) in [6.07, 6.45) is -0.0920. The first-order valence-electron chi connectivity index (χ1n) is 9.82. The summed E-state index contributed by atoms with van der Waals surface area (Å²) in [6.45, 7) is 9.61. The maximum atomic E-state index is 12.3. The second kappa shape index (κ2) is 10.00. The van der Waals surface area contributed by atoms with Crippen molar-refractivity contribution in [1.82, 2.24) is 25.9 Å². The van der Waals surface area contributed by atoms with Crippen molar-refractivity contribution in [3.05, 3.63) is 35.2 Å². The zero-order valence-corrected chi connectivity index (χ0v) is 18.1. The second-order valence-corrected chi connectivity index (χ2v) is 7.91. The van der Waals surface area contributed by atoms with Gasteiger partial charge in [0.05, 0.1) is 29.0 Å². The lowest BCUT2D eigenvalue weighted by molar-refractivity contribution is -0.120. The minimum atomic E-state index is -0.643. The molecule has 0 saturated carbocycles. The lowest BCUT2D eigenvalue weighted by atomic mass is 10.1. The molecule has 3 amide bonds. The van der Waals surface area contributed by atoms with Crippen molar-refractivity contribution in [2.75, 3.05) is 19.6 Å². The first kappa shape index (κ1) is 23.1. The predicted molar refractivity (Wildman–Crippen MR) is 113 cm³/mol. The van der Waals surface area contributed by atoms with Crippen molar-refractivity contribution < 1.29 is 19.1 Å². The van der Waals surface area contributed by atoms with Crippen LogP contribution in [-0.2, 0) is 9.53 Å². The number of nitrogens with zero attached hydrogens (tertiary/aromatic N) is 2. The third-order valence-electron chi connectivity index (χ3n) is 4.09. The van der Waals surface area contributed by atoms with E-state index in [0.717, 1.165) is 16.9 Å². The lowest BCUT2D eigenvalue weighted by Crippen LogP contribution is -2.40. The van der Waals surface area contributed by atoms with Crippen molar-refractivity contribution in [2.24, 2.45) is 0 Å². The molecule has 1 aromatic heterocycles. The predicted octanol–water partition coefficient (Wildman–Crippen LogP) is 2.01. The van der Waals surface area contributed by atoms with Gasteiger partial charge in [0.2, 0.25) is 5.91 Å². The van der Waals surface area contributed by atoms with Crippen molar-refractivity contribution in [1.29, 1.82) is 0 Å². The zero-order chi connectivity index (χ0) is 22.3. The lowest BCUT2D eigenvalue weighted by Gasteiger charge is -2.19. The van der Waals surface area contributed by atoms with Crippen molar-refractivity contribution >= 4 is 28.9 Å². The third-order valence-corrected chi connectivity index (χ3v) is 4.09. The summed E-state index contributed by atoms with van der Waals surface area (Å²) < 4.78 is 5.05. The van der Waals surface area contributed by atoms with Crippen LogP contribution in [0.2, 0.25) is 0 Å². The Kier molecular flexibility index (Phi) is 7.68. The van der Waals surface area contributed by atoms with Gasteiger partial charge in [-0.3, -0.25) is 9.59 Å². The summed E-state index contributed by atoms with van der Waals surface area (Å²) in [7, 11) is 0. The molecular weight excluding hydrogens is 386 g/mol. The van der Waals surface area contributed by atoms with E-state index in [-0.39, 0.29) is 18.4 Å². The Labute approximate surface area is 176 Å². The van der Waals surface area contributed by atoms with Gasteiger partial charge in [0.15, 0.2) is 0 Å². The quantitative estimate of drug-likeness (QED) is 0.595. The Morgan fingerprint density at radius 1 is 0.933 bits per heavy atom. The largest absolute Gasteiger partial charge is 0.444 e. The molecule has 0 unspecified atom stereocenters. The first-order chi connectivity index (χ1) is 14.0. The molecule has 2 rings (SSSR count). The molecule has 162 valence electrons. The van der Waals surface area contributed by atoms with Crippen LogP contribution in [0.3, 0.4) is 0 Å². The number of carbonyl (C=O) groups excluding carboxylic acids is 3. The fourth-order valence-electron chi connectivity index (χ4n) is 2.52. The van der Waals surface area contributed by atoms with E-state index in [2.05, 4.69) is 25.9 Å². The number of nitrogens with one attached hydrogen (secondary N) is 3. The van der Waals surface area contributed by atoms with E-state index in [1.807, 2.05) is 13.8 Å². The van der Waals surface area contributed by atoms with Crippen LogP contribution in [-0.4, -0.2) is 53.1 Å². The first-order valence-corrected chi connectivity index (χ1v) is 9.82. The van der Waals surface area contributed by atoms with Gasteiger partial charge in [-0.1, -0.05) is 0 Å². The fourth-order valence-corrected chi connectivity index (χ4v) is 2.52. The summed E-state index contributed by atoms with van der Waals surface area (Å²) in [4.78, 5) is 44.5. The average Bonchev–Trinajstić information content (AvgIpc) is 2.65. The van der Waals surface area contributed by atoms with Gasteiger partial charge in [-0.2, -0.15) is 0 Å². The molecule has 0 saturated heterocycles. The number of aryl methyl sites for hydroxylation is 2. The maximum absolute atomic E-state index is 12.3. The van der Waals surface area contributed by atoms with Gasteiger partial charge in [-0.05, 0) is 59.2 Å². The molecule has 0 radical (unpaired) electrons. The maximum Gasteiger partial charge on any atom is 0.408 e. The van der Waals surface area contributed by atoms with Crippen molar-refractivity contribution in [3.63, 3.8) is 0 Å². The van der Waals surface area contributed by atoms with Crippen LogP contribution in [0.4, 0.5) is 4.79 Å². The molecule has 0 aliphatic carbocycles. The van der Waals surface area contributed by atoms with E-state index in [4.69, 9.17) is 4.74 Å². The Morgan fingerprint density at radius 2 is 1.57 bits per heavy atom. The number of hydrogen-bond donors (Lipinski definition) is 3. The van der Waals surface area contributed by atoms with Gasteiger partial charge in [-0.25, -0.2) is 14.8 Å². The third kappa shape index (κ3) is 7.31. The number of hydrogen-bond acceptors (Lipinski definition) is 6. The van der Waals surface area contributed by atoms with Crippen LogP contribution in [0.5, 0.6) is 0 Å². The van der Waals surface area contributed by atoms with Gasteiger partial charge in [0.25, 0.3) is 5.91 Å². The van der Waals surface area contributed by atoms with Crippen LogP contribution >= 0.6 is 0 Å². The van der Waals surface area contributed by atoms with Crippen LogP contribution in [0.25, 0.3) is 11.0 Å². The highest BCUT2D eigenvalue weighted by molar-refractivity contribution is 5.97. The van der Waals surface area contributed by atoms with Gasteiger partial charge in [0, 0.05) is 18.7 Å². The topological polar surface area (TPSA) is 122 Å². The smallest absolute Gasteiger partial charge is 0.408 e. The Morgan fingerprint density at radius 3 is 2.23 bits per heavy atom. The molecule has 3 N–H and O–H groups in total. The molecule has 0 spiro atoms.